The third-order valence-electron chi connectivity index (χ3n) is 3.18. The molecule has 0 unspecified atom stereocenters. The maximum Gasteiger partial charge on any atom is 0.231 e. The molecule has 1 aromatic carbocycles. The third-order valence-corrected chi connectivity index (χ3v) is 3.18. The SMILES string of the molecule is CC(C)(C#N)CCN(CC(N)=O)Cc1ccccc1N. The van der Waals surface area contributed by atoms with E-state index in [1.165, 1.54) is 0 Å². The van der Waals surface area contributed by atoms with Crippen LogP contribution in [0.1, 0.15) is 25.8 Å². The Morgan fingerprint density at radius 1 is 1.40 bits per heavy atom. The van der Waals surface area contributed by atoms with Crippen molar-refractivity contribution >= 4 is 11.6 Å². The molecule has 4 N–H and O–H groups in total. The lowest BCUT2D eigenvalue weighted by atomic mass is 9.91. The molecule has 0 saturated heterocycles. The molecule has 0 aromatic heterocycles. The molecule has 0 bridgehead atoms. The van der Waals surface area contributed by atoms with Gasteiger partial charge in [-0.05, 0) is 31.9 Å². The summed E-state index contributed by atoms with van der Waals surface area (Å²) in [6.45, 7) is 5.10. The predicted molar refractivity (Wildman–Crippen MR) is 79.3 cm³/mol. The van der Waals surface area contributed by atoms with Gasteiger partial charge < -0.3 is 11.5 Å². The van der Waals surface area contributed by atoms with Crippen LogP contribution in [0, 0.1) is 16.7 Å². The Balaban J connectivity index is 2.73. The first-order valence-electron chi connectivity index (χ1n) is 6.59. The second-order valence-electron chi connectivity index (χ2n) is 5.62. The van der Waals surface area contributed by atoms with Crippen molar-refractivity contribution in [3.05, 3.63) is 29.8 Å². The van der Waals surface area contributed by atoms with Crippen LogP contribution in [0.3, 0.4) is 0 Å². The standard InChI is InChI=1S/C15H22N4O/c1-15(2,11-16)7-8-19(10-14(18)20)9-12-5-3-4-6-13(12)17/h3-6H,7-10,17H2,1-2H3,(H2,18,20). The van der Waals surface area contributed by atoms with Crippen LogP contribution >= 0.6 is 0 Å². The molecule has 0 atom stereocenters. The number of anilines is 1. The van der Waals surface area contributed by atoms with Gasteiger partial charge in [-0.2, -0.15) is 5.26 Å². The highest BCUT2D eigenvalue weighted by Gasteiger charge is 2.19. The Morgan fingerprint density at radius 2 is 2.05 bits per heavy atom. The van der Waals surface area contributed by atoms with Crippen LogP contribution in [0.4, 0.5) is 5.69 Å². The molecule has 0 spiro atoms. The fourth-order valence-corrected chi connectivity index (χ4v) is 1.85. The van der Waals surface area contributed by atoms with Gasteiger partial charge in [-0.1, -0.05) is 18.2 Å². The summed E-state index contributed by atoms with van der Waals surface area (Å²) in [5.74, 6) is -0.380. The zero-order valence-corrected chi connectivity index (χ0v) is 12.1. The smallest absolute Gasteiger partial charge is 0.231 e. The number of rotatable bonds is 7. The van der Waals surface area contributed by atoms with E-state index >= 15 is 0 Å². The van der Waals surface area contributed by atoms with Crippen LogP contribution in [-0.4, -0.2) is 23.9 Å². The Hall–Kier alpha value is -2.06. The van der Waals surface area contributed by atoms with E-state index in [2.05, 4.69) is 6.07 Å². The van der Waals surface area contributed by atoms with Crippen molar-refractivity contribution in [2.45, 2.75) is 26.8 Å². The van der Waals surface area contributed by atoms with Crippen LogP contribution in [0.5, 0.6) is 0 Å². The van der Waals surface area contributed by atoms with E-state index in [9.17, 15) is 4.79 Å². The molecule has 0 radical (unpaired) electrons. The lowest BCUT2D eigenvalue weighted by Gasteiger charge is -2.25. The summed E-state index contributed by atoms with van der Waals surface area (Å²) in [6, 6.07) is 9.80. The summed E-state index contributed by atoms with van der Waals surface area (Å²) >= 11 is 0. The zero-order valence-electron chi connectivity index (χ0n) is 12.1. The number of primary amides is 1. The van der Waals surface area contributed by atoms with E-state index in [1.807, 2.05) is 43.0 Å². The fourth-order valence-electron chi connectivity index (χ4n) is 1.85. The molecule has 0 aliphatic heterocycles. The summed E-state index contributed by atoms with van der Waals surface area (Å²) in [5, 5.41) is 9.04. The average Bonchev–Trinajstić information content (AvgIpc) is 2.38. The van der Waals surface area contributed by atoms with Crippen molar-refractivity contribution in [3.8, 4) is 6.07 Å². The summed E-state index contributed by atoms with van der Waals surface area (Å²) in [5.41, 5.74) is 12.4. The molecule has 0 aliphatic rings. The van der Waals surface area contributed by atoms with Crippen LogP contribution in [-0.2, 0) is 11.3 Å². The van der Waals surface area contributed by atoms with Gasteiger partial charge in [-0.25, -0.2) is 0 Å². The summed E-state index contributed by atoms with van der Waals surface area (Å²) in [4.78, 5) is 13.1. The van der Waals surface area contributed by atoms with E-state index in [1.54, 1.807) is 0 Å². The van der Waals surface area contributed by atoms with Gasteiger partial charge >= 0.3 is 0 Å². The molecule has 108 valence electrons. The van der Waals surface area contributed by atoms with E-state index in [4.69, 9.17) is 16.7 Å². The maximum absolute atomic E-state index is 11.2. The van der Waals surface area contributed by atoms with Gasteiger partial charge in [0.05, 0.1) is 18.0 Å². The van der Waals surface area contributed by atoms with Crippen LogP contribution in [0.2, 0.25) is 0 Å². The molecule has 0 heterocycles. The lowest BCUT2D eigenvalue weighted by Crippen LogP contribution is -2.35. The molecule has 20 heavy (non-hydrogen) atoms. The number of amides is 1. The second-order valence-corrected chi connectivity index (χ2v) is 5.62. The van der Waals surface area contributed by atoms with Crippen molar-refractivity contribution in [2.75, 3.05) is 18.8 Å². The van der Waals surface area contributed by atoms with Gasteiger partial charge in [-0.3, -0.25) is 9.69 Å². The minimum atomic E-state index is -0.419. The number of nitriles is 1. The molecule has 1 rings (SSSR count). The van der Waals surface area contributed by atoms with Gasteiger partial charge in [0.2, 0.25) is 5.91 Å². The summed E-state index contributed by atoms with van der Waals surface area (Å²) < 4.78 is 0. The number of para-hydroxylation sites is 1. The largest absolute Gasteiger partial charge is 0.398 e. The highest BCUT2D eigenvalue weighted by atomic mass is 16.1. The lowest BCUT2D eigenvalue weighted by molar-refractivity contribution is -0.119. The highest BCUT2D eigenvalue weighted by molar-refractivity contribution is 5.75. The number of carbonyl (C=O) groups excluding carboxylic acids is 1. The molecule has 5 heteroatoms. The first-order chi connectivity index (χ1) is 9.34. The molecular formula is C15H22N4O. The number of hydrogen-bond acceptors (Lipinski definition) is 4. The normalized spacial score (nSPS) is 11.3. The van der Waals surface area contributed by atoms with Crippen LogP contribution < -0.4 is 11.5 Å². The summed E-state index contributed by atoms with van der Waals surface area (Å²) in [7, 11) is 0. The minimum Gasteiger partial charge on any atom is -0.398 e. The van der Waals surface area contributed by atoms with Crippen molar-refractivity contribution in [1.82, 2.24) is 4.90 Å². The Labute approximate surface area is 120 Å². The maximum atomic E-state index is 11.2. The number of nitrogen functional groups attached to an aromatic ring is 1. The second kappa shape index (κ2) is 6.92. The quantitative estimate of drug-likeness (QED) is 0.736. The molecule has 1 amide bonds. The molecular weight excluding hydrogens is 252 g/mol. The van der Waals surface area contributed by atoms with E-state index in [0.29, 0.717) is 25.2 Å². The van der Waals surface area contributed by atoms with E-state index in [-0.39, 0.29) is 12.5 Å². The first kappa shape index (κ1) is 16.0. The van der Waals surface area contributed by atoms with E-state index < -0.39 is 5.41 Å². The third kappa shape index (κ3) is 5.29. The summed E-state index contributed by atoms with van der Waals surface area (Å²) in [6.07, 6.45) is 0.670. The molecule has 0 fully saturated rings. The molecule has 0 aliphatic carbocycles. The number of benzene rings is 1. The highest BCUT2D eigenvalue weighted by Crippen LogP contribution is 2.20. The molecule has 5 nitrogen and oxygen atoms in total. The minimum absolute atomic E-state index is 0.163. The van der Waals surface area contributed by atoms with E-state index in [0.717, 1.165) is 5.56 Å². The van der Waals surface area contributed by atoms with Gasteiger partial charge in [0.25, 0.3) is 0 Å². The van der Waals surface area contributed by atoms with Crippen LogP contribution in [0.25, 0.3) is 0 Å². The Kier molecular flexibility index (Phi) is 5.53. The van der Waals surface area contributed by atoms with Crippen molar-refractivity contribution in [1.29, 1.82) is 5.26 Å². The van der Waals surface area contributed by atoms with Crippen molar-refractivity contribution in [3.63, 3.8) is 0 Å². The molecule has 1 aromatic rings. The van der Waals surface area contributed by atoms with Crippen LogP contribution in [0.15, 0.2) is 24.3 Å². The molecule has 0 saturated carbocycles. The van der Waals surface area contributed by atoms with Gasteiger partial charge in [0.15, 0.2) is 0 Å². The average molecular weight is 274 g/mol. The van der Waals surface area contributed by atoms with Gasteiger partial charge in [-0.15, -0.1) is 0 Å². The number of hydrogen-bond donors (Lipinski definition) is 2. The number of carbonyl (C=O) groups is 1. The monoisotopic (exact) mass is 274 g/mol. The number of nitrogens with two attached hydrogens (primary N) is 2. The van der Waals surface area contributed by atoms with Crippen molar-refractivity contribution in [2.24, 2.45) is 11.1 Å². The topological polar surface area (TPSA) is 96.1 Å². The van der Waals surface area contributed by atoms with Gasteiger partial charge in [0.1, 0.15) is 0 Å². The van der Waals surface area contributed by atoms with Crippen molar-refractivity contribution < 1.29 is 4.79 Å². The Bertz CT molecular complexity index is 505. The fraction of sp³-hybridized carbons (Fsp3) is 0.467. The first-order valence-corrected chi connectivity index (χ1v) is 6.59. The zero-order chi connectivity index (χ0) is 15.2. The number of nitrogens with zero attached hydrogens (tertiary/aromatic N) is 2. The van der Waals surface area contributed by atoms with Gasteiger partial charge in [0, 0.05) is 18.8 Å². The predicted octanol–water partition coefficient (Wildman–Crippen LogP) is 1.50. The Morgan fingerprint density at radius 3 is 2.60 bits per heavy atom.